The summed E-state index contributed by atoms with van der Waals surface area (Å²) >= 11 is 0. The van der Waals surface area contributed by atoms with Crippen LogP contribution in [0.4, 0.5) is 0 Å². The predicted octanol–water partition coefficient (Wildman–Crippen LogP) is 6.60. The molecule has 0 nitrogen and oxygen atoms in total. The van der Waals surface area contributed by atoms with E-state index >= 15 is 0 Å². The van der Waals surface area contributed by atoms with Gasteiger partial charge in [0.2, 0.25) is 0 Å². The molecule has 118 valence electrons. The molecule has 0 aliphatic rings. The summed E-state index contributed by atoms with van der Waals surface area (Å²) < 4.78 is 0. The molecule has 5 unspecified atom stereocenters. The molecule has 0 aromatic carbocycles. The maximum absolute atomic E-state index is 2.73. The number of hydrogen-bond donors (Lipinski definition) is 0. The predicted molar refractivity (Wildman–Crippen MR) is 99.4 cm³/mol. The molecule has 0 aromatic heterocycles. The average molecular weight is 297 g/mol. The van der Waals surface area contributed by atoms with Gasteiger partial charge in [-0.3, -0.25) is 0 Å². The van der Waals surface area contributed by atoms with Crippen LogP contribution in [0.25, 0.3) is 0 Å². The Hall–Kier alpha value is -0.0900. The second-order valence-electron chi connectivity index (χ2n) is 6.77. The molecular weight excluding hydrogens is 259 g/mol. The van der Waals surface area contributed by atoms with Crippen molar-refractivity contribution in [2.75, 3.05) is 6.66 Å². The van der Waals surface area contributed by atoms with Crippen molar-refractivity contribution < 1.29 is 0 Å². The summed E-state index contributed by atoms with van der Waals surface area (Å²) in [6.07, 6.45) is 4.83. The Kier molecular flexibility index (Phi) is 9.73. The molecule has 0 aromatic rings. The molecule has 0 saturated carbocycles. The Bertz CT molecular complexity index is 325. The highest BCUT2D eigenvalue weighted by Crippen LogP contribution is 2.37. The van der Waals surface area contributed by atoms with Crippen LogP contribution in [-0.4, -0.2) is 18.1 Å². The highest BCUT2D eigenvalue weighted by Gasteiger charge is 2.28. The van der Waals surface area contributed by atoms with E-state index < -0.39 is 0 Å². The van der Waals surface area contributed by atoms with E-state index in [0.29, 0.717) is 0 Å². The fourth-order valence-electron chi connectivity index (χ4n) is 2.92. The van der Waals surface area contributed by atoms with Gasteiger partial charge in [-0.1, -0.05) is 54.0 Å². The SMILES string of the molecule is C/C=C(\CC)C(C)[P+](C)=CC(C(C)CC)C(C)C(C)C. The Labute approximate surface area is 129 Å². The number of rotatable bonds is 8. The van der Waals surface area contributed by atoms with Gasteiger partial charge in [-0.25, -0.2) is 0 Å². The van der Waals surface area contributed by atoms with Crippen LogP contribution >= 0.6 is 7.55 Å². The van der Waals surface area contributed by atoms with Crippen molar-refractivity contribution in [1.82, 2.24) is 0 Å². The van der Waals surface area contributed by atoms with Gasteiger partial charge in [-0.2, -0.15) is 0 Å². The van der Waals surface area contributed by atoms with E-state index in [1.807, 2.05) is 0 Å². The lowest BCUT2D eigenvalue weighted by Gasteiger charge is -2.27. The van der Waals surface area contributed by atoms with Gasteiger partial charge >= 0.3 is 0 Å². The third-order valence-corrected chi connectivity index (χ3v) is 7.66. The lowest BCUT2D eigenvalue weighted by molar-refractivity contribution is 0.272. The fourth-order valence-corrected chi connectivity index (χ4v) is 5.14. The Morgan fingerprint density at radius 1 is 1.05 bits per heavy atom. The maximum Gasteiger partial charge on any atom is 0.134 e. The van der Waals surface area contributed by atoms with Gasteiger partial charge in [0.1, 0.15) is 5.66 Å². The molecule has 0 heterocycles. The van der Waals surface area contributed by atoms with Crippen molar-refractivity contribution in [2.45, 2.75) is 73.9 Å². The standard InChI is InChI=1S/C19H38P/c1-10-15(6)19(16(7)14(4)5)13-20(9)17(8)18(11-2)12-3/h11,13-17,19H,10,12H2,1-9H3/q+1/b18-11+. The highest BCUT2D eigenvalue weighted by atomic mass is 31.1. The van der Waals surface area contributed by atoms with Crippen LogP contribution < -0.4 is 0 Å². The van der Waals surface area contributed by atoms with Crippen LogP contribution in [0.15, 0.2) is 11.6 Å². The molecule has 0 N–H and O–H groups in total. The van der Waals surface area contributed by atoms with Crippen molar-refractivity contribution >= 4 is 13.3 Å². The molecule has 0 rings (SSSR count). The van der Waals surface area contributed by atoms with Crippen molar-refractivity contribution in [3.05, 3.63) is 11.6 Å². The van der Waals surface area contributed by atoms with Gasteiger partial charge < -0.3 is 0 Å². The highest BCUT2D eigenvalue weighted by molar-refractivity contribution is 7.57. The van der Waals surface area contributed by atoms with Gasteiger partial charge in [0.25, 0.3) is 0 Å². The van der Waals surface area contributed by atoms with Gasteiger partial charge in [0.15, 0.2) is 0 Å². The van der Waals surface area contributed by atoms with Crippen LogP contribution in [0, 0.1) is 23.7 Å². The van der Waals surface area contributed by atoms with E-state index in [2.05, 4.69) is 73.9 Å². The third-order valence-electron chi connectivity index (χ3n) is 5.29. The van der Waals surface area contributed by atoms with Crippen LogP contribution in [0.3, 0.4) is 0 Å². The molecule has 0 spiro atoms. The quantitative estimate of drug-likeness (QED) is 0.350. The second kappa shape index (κ2) is 9.78. The first-order chi connectivity index (χ1) is 9.29. The van der Waals surface area contributed by atoms with Crippen molar-refractivity contribution in [3.63, 3.8) is 0 Å². The van der Waals surface area contributed by atoms with E-state index in [9.17, 15) is 0 Å². The molecule has 20 heavy (non-hydrogen) atoms. The Balaban J connectivity index is 5.25. The first-order valence-electron chi connectivity index (χ1n) is 8.51. The minimum atomic E-state index is -0.0208. The smallest absolute Gasteiger partial charge is 0.0841 e. The Morgan fingerprint density at radius 3 is 1.95 bits per heavy atom. The second-order valence-corrected chi connectivity index (χ2v) is 9.18. The van der Waals surface area contributed by atoms with Gasteiger partial charge in [0.05, 0.1) is 20.0 Å². The zero-order valence-corrected chi connectivity index (χ0v) is 16.3. The molecule has 0 amide bonds. The maximum atomic E-state index is 2.73. The molecule has 0 saturated heterocycles. The van der Waals surface area contributed by atoms with E-state index in [0.717, 1.165) is 29.3 Å². The number of allylic oxidation sites excluding steroid dienone is 2. The van der Waals surface area contributed by atoms with Crippen molar-refractivity contribution in [3.8, 4) is 0 Å². The molecule has 0 aliphatic carbocycles. The molecular formula is C19H38P+. The van der Waals surface area contributed by atoms with Crippen LogP contribution in [-0.2, 0) is 0 Å². The zero-order valence-electron chi connectivity index (χ0n) is 15.4. The van der Waals surface area contributed by atoms with Crippen molar-refractivity contribution in [2.24, 2.45) is 23.7 Å². The summed E-state index contributed by atoms with van der Waals surface area (Å²) in [5.41, 5.74) is 2.38. The fraction of sp³-hybridized carbons (Fsp3) is 0.842. The number of hydrogen-bond acceptors (Lipinski definition) is 0. The summed E-state index contributed by atoms with van der Waals surface area (Å²) in [4.78, 5) is 0. The minimum absolute atomic E-state index is 0.0208. The molecule has 0 radical (unpaired) electrons. The third kappa shape index (κ3) is 5.72. The van der Waals surface area contributed by atoms with E-state index in [1.54, 1.807) is 5.57 Å². The molecule has 5 atom stereocenters. The summed E-state index contributed by atoms with van der Waals surface area (Å²) in [6, 6.07) is 0. The first kappa shape index (κ1) is 19.9. The van der Waals surface area contributed by atoms with Crippen LogP contribution in [0.5, 0.6) is 0 Å². The minimum Gasteiger partial charge on any atom is -0.0841 e. The van der Waals surface area contributed by atoms with E-state index in [4.69, 9.17) is 0 Å². The lowest BCUT2D eigenvalue weighted by Crippen LogP contribution is -2.25. The average Bonchev–Trinajstić information content (AvgIpc) is 2.43. The Morgan fingerprint density at radius 2 is 1.60 bits per heavy atom. The van der Waals surface area contributed by atoms with Gasteiger partial charge in [-0.15, -0.1) is 0 Å². The van der Waals surface area contributed by atoms with Gasteiger partial charge in [-0.05, 0) is 43.6 Å². The molecule has 0 bridgehead atoms. The monoisotopic (exact) mass is 297 g/mol. The van der Waals surface area contributed by atoms with Crippen molar-refractivity contribution in [1.29, 1.82) is 0 Å². The topological polar surface area (TPSA) is 0 Å². The van der Waals surface area contributed by atoms with Crippen LogP contribution in [0.2, 0.25) is 0 Å². The lowest BCUT2D eigenvalue weighted by atomic mass is 9.78. The normalized spacial score (nSPS) is 19.9. The van der Waals surface area contributed by atoms with E-state index in [-0.39, 0.29) is 7.55 Å². The van der Waals surface area contributed by atoms with E-state index in [1.165, 1.54) is 12.8 Å². The summed E-state index contributed by atoms with van der Waals surface area (Å²) in [6.45, 7) is 21.3. The summed E-state index contributed by atoms with van der Waals surface area (Å²) in [7, 11) is -0.0208. The molecule has 1 heteroatoms. The summed E-state index contributed by atoms with van der Waals surface area (Å²) in [5, 5.41) is 0. The molecule has 0 aliphatic heterocycles. The van der Waals surface area contributed by atoms with Gasteiger partial charge in [0, 0.05) is 5.92 Å². The van der Waals surface area contributed by atoms with Crippen LogP contribution in [0.1, 0.15) is 68.2 Å². The molecule has 0 fully saturated rings. The summed E-state index contributed by atoms with van der Waals surface area (Å²) in [5.74, 6) is 5.88. The largest absolute Gasteiger partial charge is 0.134 e. The first-order valence-corrected chi connectivity index (χ1v) is 10.4. The zero-order chi connectivity index (χ0) is 15.9.